The van der Waals surface area contributed by atoms with Crippen LogP contribution < -0.4 is 0 Å². The summed E-state index contributed by atoms with van der Waals surface area (Å²) in [6.45, 7) is 7.99. The summed E-state index contributed by atoms with van der Waals surface area (Å²) in [6.07, 6.45) is 10.3. The molecule has 0 aromatic heterocycles. The number of carboxylic acids is 1. The second-order valence-corrected chi connectivity index (χ2v) is 7.27. The Morgan fingerprint density at radius 1 is 1.36 bits per heavy atom. The van der Waals surface area contributed by atoms with Gasteiger partial charge in [0.15, 0.2) is 0 Å². The molecule has 0 saturated heterocycles. The minimum Gasteiger partial charge on any atom is -0.481 e. The van der Waals surface area contributed by atoms with E-state index >= 15 is 0 Å². The number of aliphatic carboxylic acids is 1. The van der Waals surface area contributed by atoms with Gasteiger partial charge in [0.05, 0.1) is 5.92 Å². The van der Waals surface area contributed by atoms with E-state index in [4.69, 9.17) is 4.74 Å². The Bertz CT molecular complexity index is 500. The molecule has 1 aliphatic carbocycles. The van der Waals surface area contributed by atoms with Gasteiger partial charge in [0.25, 0.3) is 0 Å². The predicted molar refractivity (Wildman–Crippen MR) is 100 cm³/mol. The zero-order valence-corrected chi connectivity index (χ0v) is 16.2. The minimum atomic E-state index is -0.866. The van der Waals surface area contributed by atoms with E-state index in [1.54, 1.807) is 0 Å². The highest BCUT2D eigenvalue weighted by atomic mass is 16.5. The summed E-state index contributed by atoms with van der Waals surface area (Å²) in [6, 6.07) is 0. The van der Waals surface area contributed by atoms with Crippen molar-refractivity contribution in [3.05, 3.63) is 23.3 Å². The number of carboxylic acid groups (broad SMARTS) is 1. The lowest BCUT2D eigenvalue weighted by Gasteiger charge is -2.33. The highest BCUT2D eigenvalue weighted by Gasteiger charge is 2.36. The Balaban J connectivity index is 2.76. The quantitative estimate of drug-likeness (QED) is 0.430. The maximum Gasteiger partial charge on any atom is 0.310 e. The van der Waals surface area contributed by atoms with E-state index in [2.05, 4.69) is 26.0 Å². The van der Waals surface area contributed by atoms with Gasteiger partial charge in [0, 0.05) is 12.3 Å². The number of allylic oxidation sites excluding steroid dienone is 4. The van der Waals surface area contributed by atoms with Crippen LogP contribution in [0, 0.1) is 11.8 Å². The van der Waals surface area contributed by atoms with Gasteiger partial charge in [-0.3, -0.25) is 9.59 Å². The van der Waals surface area contributed by atoms with Crippen LogP contribution in [0.1, 0.15) is 79.1 Å². The smallest absolute Gasteiger partial charge is 0.310 e. The van der Waals surface area contributed by atoms with E-state index in [1.807, 2.05) is 13.8 Å². The standard InChI is InChI=1S/C21H34O4/c1-5-8-19(22)25-20(18(6-2)21(23)24)17-13-11-16(12-14-17)10-7-9-15(3)4/h9,11,17-18,20H,5-8,10,12-14H2,1-4H3,(H,23,24). The summed E-state index contributed by atoms with van der Waals surface area (Å²) in [7, 11) is 0. The third-order valence-electron chi connectivity index (χ3n) is 4.90. The first-order chi connectivity index (χ1) is 11.9. The van der Waals surface area contributed by atoms with Crippen LogP contribution in [0.25, 0.3) is 0 Å². The molecule has 142 valence electrons. The summed E-state index contributed by atoms with van der Waals surface area (Å²) in [5, 5.41) is 9.52. The Kier molecular flexibility index (Phi) is 9.54. The van der Waals surface area contributed by atoms with Crippen LogP contribution in [-0.2, 0) is 14.3 Å². The van der Waals surface area contributed by atoms with Crippen molar-refractivity contribution in [2.75, 3.05) is 0 Å². The molecule has 0 saturated carbocycles. The summed E-state index contributed by atoms with van der Waals surface area (Å²) >= 11 is 0. The molecule has 0 aliphatic heterocycles. The van der Waals surface area contributed by atoms with Crippen molar-refractivity contribution < 1.29 is 19.4 Å². The van der Waals surface area contributed by atoms with Crippen LogP contribution in [0.5, 0.6) is 0 Å². The predicted octanol–water partition coefficient (Wildman–Crippen LogP) is 5.28. The fourth-order valence-corrected chi connectivity index (χ4v) is 3.45. The molecule has 0 aromatic carbocycles. The van der Waals surface area contributed by atoms with E-state index in [0.717, 1.165) is 32.1 Å². The molecule has 1 N–H and O–H groups in total. The van der Waals surface area contributed by atoms with Crippen LogP contribution in [0.15, 0.2) is 23.3 Å². The summed E-state index contributed by atoms with van der Waals surface area (Å²) in [4.78, 5) is 23.6. The molecule has 4 heteroatoms. The second-order valence-electron chi connectivity index (χ2n) is 7.27. The van der Waals surface area contributed by atoms with E-state index in [-0.39, 0.29) is 11.9 Å². The number of ether oxygens (including phenoxy) is 1. The average molecular weight is 350 g/mol. The van der Waals surface area contributed by atoms with Gasteiger partial charge in [-0.2, -0.15) is 0 Å². The van der Waals surface area contributed by atoms with Crippen molar-refractivity contribution >= 4 is 11.9 Å². The fourth-order valence-electron chi connectivity index (χ4n) is 3.45. The third-order valence-corrected chi connectivity index (χ3v) is 4.90. The fraction of sp³-hybridized carbons (Fsp3) is 0.714. The average Bonchev–Trinajstić information content (AvgIpc) is 2.55. The zero-order chi connectivity index (χ0) is 18.8. The lowest BCUT2D eigenvalue weighted by atomic mass is 9.79. The van der Waals surface area contributed by atoms with Crippen LogP contribution >= 0.6 is 0 Å². The van der Waals surface area contributed by atoms with Gasteiger partial charge in [-0.15, -0.1) is 0 Å². The monoisotopic (exact) mass is 350 g/mol. The summed E-state index contributed by atoms with van der Waals surface area (Å²) in [5.41, 5.74) is 2.78. The van der Waals surface area contributed by atoms with Gasteiger partial charge in [-0.1, -0.05) is 37.1 Å². The zero-order valence-electron chi connectivity index (χ0n) is 16.2. The van der Waals surface area contributed by atoms with Gasteiger partial charge in [-0.05, 0) is 58.8 Å². The summed E-state index contributed by atoms with van der Waals surface area (Å²) in [5.74, 6) is -1.65. The lowest BCUT2D eigenvalue weighted by molar-refractivity contribution is -0.163. The molecule has 1 aliphatic rings. The first-order valence-corrected chi connectivity index (χ1v) is 9.62. The van der Waals surface area contributed by atoms with Gasteiger partial charge < -0.3 is 9.84 Å². The SMILES string of the molecule is CCCC(=O)OC(C1CC=C(CCC=C(C)C)CC1)C(CC)C(=O)O. The third kappa shape index (κ3) is 7.45. The van der Waals surface area contributed by atoms with Crippen molar-refractivity contribution in [2.45, 2.75) is 85.2 Å². The molecular weight excluding hydrogens is 316 g/mol. The second kappa shape index (κ2) is 11.1. The molecule has 0 heterocycles. The van der Waals surface area contributed by atoms with E-state index in [0.29, 0.717) is 19.3 Å². The van der Waals surface area contributed by atoms with Crippen molar-refractivity contribution in [3.8, 4) is 0 Å². The van der Waals surface area contributed by atoms with E-state index in [9.17, 15) is 14.7 Å². The van der Waals surface area contributed by atoms with Crippen LogP contribution in [-0.4, -0.2) is 23.1 Å². The summed E-state index contributed by atoms with van der Waals surface area (Å²) < 4.78 is 5.63. The van der Waals surface area contributed by atoms with Crippen molar-refractivity contribution in [1.29, 1.82) is 0 Å². The maximum atomic E-state index is 12.0. The number of carbonyl (C=O) groups is 2. The number of hydrogen-bond donors (Lipinski definition) is 1. The molecule has 0 aromatic rings. The Morgan fingerprint density at radius 3 is 2.56 bits per heavy atom. The van der Waals surface area contributed by atoms with E-state index in [1.165, 1.54) is 11.1 Å². The molecule has 0 bridgehead atoms. The Hall–Kier alpha value is -1.58. The van der Waals surface area contributed by atoms with Crippen LogP contribution in [0.3, 0.4) is 0 Å². The molecule has 25 heavy (non-hydrogen) atoms. The molecule has 0 radical (unpaired) electrons. The van der Waals surface area contributed by atoms with Gasteiger partial charge in [0.2, 0.25) is 0 Å². The lowest BCUT2D eigenvalue weighted by Crippen LogP contribution is -2.38. The molecule has 1 rings (SSSR count). The maximum absolute atomic E-state index is 12.0. The normalized spacial score (nSPS) is 19.5. The molecular formula is C21H34O4. The minimum absolute atomic E-state index is 0.106. The molecule has 0 fully saturated rings. The molecule has 0 spiro atoms. The van der Waals surface area contributed by atoms with Crippen molar-refractivity contribution in [3.63, 3.8) is 0 Å². The topological polar surface area (TPSA) is 63.6 Å². The molecule has 4 nitrogen and oxygen atoms in total. The van der Waals surface area contributed by atoms with Gasteiger partial charge in [0.1, 0.15) is 6.10 Å². The Labute approximate surface area is 152 Å². The molecule has 3 atom stereocenters. The van der Waals surface area contributed by atoms with Crippen molar-refractivity contribution in [2.24, 2.45) is 11.8 Å². The highest BCUT2D eigenvalue weighted by Crippen LogP contribution is 2.34. The number of esters is 1. The first kappa shape index (κ1) is 21.5. The Morgan fingerprint density at radius 2 is 2.08 bits per heavy atom. The molecule has 3 unspecified atom stereocenters. The van der Waals surface area contributed by atoms with Gasteiger partial charge in [-0.25, -0.2) is 0 Å². The highest BCUT2D eigenvalue weighted by molar-refractivity contribution is 5.73. The van der Waals surface area contributed by atoms with E-state index < -0.39 is 18.0 Å². The number of hydrogen-bond acceptors (Lipinski definition) is 3. The number of carbonyl (C=O) groups excluding carboxylic acids is 1. The number of rotatable bonds is 10. The van der Waals surface area contributed by atoms with Crippen molar-refractivity contribution in [1.82, 2.24) is 0 Å². The van der Waals surface area contributed by atoms with Gasteiger partial charge >= 0.3 is 11.9 Å². The largest absolute Gasteiger partial charge is 0.481 e. The van der Waals surface area contributed by atoms with Crippen LogP contribution in [0.4, 0.5) is 0 Å². The molecule has 0 amide bonds. The first-order valence-electron chi connectivity index (χ1n) is 9.62. The van der Waals surface area contributed by atoms with Crippen LogP contribution in [0.2, 0.25) is 0 Å².